The molecule has 196 valence electrons. The summed E-state index contributed by atoms with van der Waals surface area (Å²) in [5, 5.41) is 9.85. The zero-order valence-corrected chi connectivity index (χ0v) is 21.7. The summed E-state index contributed by atoms with van der Waals surface area (Å²) >= 11 is 0. The highest BCUT2D eigenvalue weighted by Crippen LogP contribution is 2.47. The van der Waals surface area contributed by atoms with E-state index in [9.17, 15) is 14.7 Å². The maximum Gasteiger partial charge on any atom is 0.315 e. The van der Waals surface area contributed by atoms with Gasteiger partial charge in [0, 0.05) is 35.9 Å². The highest BCUT2D eigenvalue weighted by atomic mass is 16.6. The van der Waals surface area contributed by atoms with Gasteiger partial charge in [0.25, 0.3) is 0 Å². The Morgan fingerprint density at radius 2 is 1.70 bits per heavy atom. The first-order valence-electron chi connectivity index (χ1n) is 12.4. The Kier molecular flexibility index (Phi) is 8.28. The van der Waals surface area contributed by atoms with Crippen LogP contribution in [0.1, 0.15) is 49.7 Å². The van der Waals surface area contributed by atoms with Crippen molar-refractivity contribution in [3.63, 3.8) is 0 Å². The van der Waals surface area contributed by atoms with Crippen molar-refractivity contribution >= 4 is 17.5 Å². The molecule has 1 unspecified atom stereocenters. The van der Waals surface area contributed by atoms with Crippen molar-refractivity contribution in [1.82, 2.24) is 0 Å². The molecule has 8 nitrogen and oxygen atoms in total. The van der Waals surface area contributed by atoms with E-state index >= 15 is 0 Å². The number of benzene rings is 2. The minimum Gasteiger partial charge on any atom is -0.508 e. The minimum absolute atomic E-state index is 0.0533. The van der Waals surface area contributed by atoms with Crippen molar-refractivity contribution in [2.75, 3.05) is 34.0 Å². The van der Waals surface area contributed by atoms with E-state index in [-0.39, 0.29) is 30.5 Å². The van der Waals surface area contributed by atoms with E-state index in [2.05, 4.69) is 0 Å². The van der Waals surface area contributed by atoms with Gasteiger partial charge in [0.05, 0.1) is 20.8 Å². The first-order chi connectivity index (χ1) is 17.9. The SMILES string of the molecule is CCOCCOC(=O)C1C(C)=NC2=C(C(=O)C[C@@H](c3ccc(OC)c(OC)c3)C2)[C@H]1c1ccc(O)cc1. The van der Waals surface area contributed by atoms with Crippen LogP contribution in [0.4, 0.5) is 0 Å². The number of methoxy groups -OCH3 is 2. The molecule has 1 N–H and O–H groups in total. The van der Waals surface area contributed by atoms with Gasteiger partial charge in [-0.25, -0.2) is 0 Å². The predicted molar refractivity (Wildman–Crippen MR) is 138 cm³/mol. The van der Waals surface area contributed by atoms with Crippen molar-refractivity contribution in [3.05, 3.63) is 64.9 Å². The number of Topliss-reactive ketones (excluding diaryl/α,β-unsaturated/α-hetero) is 1. The van der Waals surface area contributed by atoms with Gasteiger partial charge >= 0.3 is 5.97 Å². The number of allylic oxidation sites excluding steroid dienone is 2. The zero-order chi connectivity index (χ0) is 26.5. The van der Waals surface area contributed by atoms with Gasteiger partial charge in [-0.2, -0.15) is 0 Å². The molecular weight excluding hydrogens is 474 g/mol. The van der Waals surface area contributed by atoms with Gasteiger partial charge in [0.2, 0.25) is 0 Å². The summed E-state index contributed by atoms with van der Waals surface area (Å²) in [5.74, 6) is -0.539. The van der Waals surface area contributed by atoms with Crippen LogP contribution in [0.3, 0.4) is 0 Å². The molecule has 2 aromatic rings. The average Bonchev–Trinajstić information content (AvgIpc) is 2.90. The number of ether oxygens (including phenoxy) is 4. The number of phenols is 1. The third-order valence-corrected chi connectivity index (χ3v) is 6.95. The van der Waals surface area contributed by atoms with Crippen LogP contribution in [0, 0.1) is 5.92 Å². The minimum atomic E-state index is -0.744. The number of phenolic OH excluding ortho intramolecular Hbond substituents is 1. The Hall–Kier alpha value is -3.65. The Labute approximate surface area is 216 Å². The molecule has 37 heavy (non-hydrogen) atoms. The Morgan fingerprint density at radius 1 is 1.00 bits per heavy atom. The van der Waals surface area contributed by atoms with Crippen LogP contribution in [-0.4, -0.2) is 56.6 Å². The maximum absolute atomic E-state index is 13.7. The van der Waals surface area contributed by atoms with E-state index in [1.165, 1.54) is 0 Å². The molecule has 0 radical (unpaired) electrons. The Morgan fingerprint density at radius 3 is 2.38 bits per heavy atom. The van der Waals surface area contributed by atoms with Crippen molar-refractivity contribution in [3.8, 4) is 17.2 Å². The fourth-order valence-corrected chi connectivity index (χ4v) is 5.18. The summed E-state index contributed by atoms with van der Waals surface area (Å²) in [6.45, 7) is 4.63. The summed E-state index contributed by atoms with van der Waals surface area (Å²) < 4.78 is 21.6. The van der Waals surface area contributed by atoms with Crippen molar-refractivity contribution < 1.29 is 33.6 Å². The first kappa shape index (κ1) is 26.4. The number of rotatable bonds is 9. The second-order valence-corrected chi connectivity index (χ2v) is 9.17. The highest BCUT2D eigenvalue weighted by Gasteiger charge is 2.44. The summed E-state index contributed by atoms with van der Waals surface area (Å²) in [7, 11) is 3.17. The maximum atomic E-state index is 13.7. The van der Waals surface area contributed by atoms with Gasteiger partial charge < -0.3 is 24.1 Å². The molecule has 1 heterocycles. The van der Waals surface area contributed by atoms with Crippen molar-refractivity contribution in [2.45, 2.75) is 38.5 Å². The lowest BCUT2D eigenvalue weighted by Gasteiger charge is -2.36. The number of carbonyl (C=O) groups is 2. The highest BCUT2D eigenvalue weighted by molar-refractivity contribution is 6.09. The molecule has 1 aliphatic carbocycles. The second kappa shape index (κ2) is 11.6. The fourth-order valence-electron chi connectivity index (χ4n) is 5.18. The number of carbonyl (C=O) groups excluding carboxylic acids is 2. The fraction of sp³-hybridized carbons (Fsp3) is 0.414. The normalized spacial score (nSPS) is 21.2. The lowest BCUT2D eigenvalue weighted by molar-refractivity contribution is -0.148. The second-order valence-electron chi connectivity index (χ2n) is 9.17. The topological polar surface area (TPSA) is 104 Å². The summed E-state index contributed by atoms with van der Waals surface area (Å²) in [5.41, 5.74) is 3.54. The first-order valence-corrected chi connectivity index (χ1v) is 12.4. The number of esters is 1. The monoisotopic (exact) mass is 507 g/mol. The van der Waals surface area contributed by atoms with Crippen LogP contribution < -0.4 is 9.47 Å². The lowest BCUT2D eigenvalue weighted by atomic mass is 9.69. The van der Waals surface area contributed by atoms with Crippen LogP contribution in [0.25, 0.3) is 0 Å². The summed E-state index contributed by atoms with van der Waals surface area (Å²) in [6.07, 6.45) is 0.832. The number of hydrogen-bond donors (Lipinski definition) is 1. The van der Waals surface area contributed by atoms with Gasteiger partial charge in [-0.1, -0.05) is 18.2 Å². The average molecular weight is 508 g/mol. The van der Waals surface area contributed by atoms with E-state index in [1.807, 2.05) is 25.1 Å². The number of nitrogens with zero attached hydrogens (tertiary/aromatic N) is 1. The molecule has 2 aromatic carbocycles. The van der Waals surface area contributed by atoms with Gasteiger partial charge in [-0.3, -0.25) is 14.6 Å². The third kappa shape index (κ3) is 5.54. The molecule has 4 rings (SSSR count). The van der Waals surface area contributed by atoms with Crippen LogP contribution >= 0.6 is 0 Å². The van der Waals surface area contributed by atoms with Gasteiger partial charge in [-0.15, -0.1) is 0 Å². The van der Waals surface area contributed by atoms with Crippen LogP contribution in [-0.2, 0) is 19.1 Å². The summed E-state index contributed by atoms with van der Waals surface area (Å²) in [6, 6.07) is 12.3. The summed E-state index contributed by atoms with van der Waals surface area (Å²) in [4.78, 5) is 31.7. The van der Waals surface area contributed by atoms with Crippen LogP contribution in [0.2, 0.25) is 0 Å². The van der Waals surface area contributed by atoms with E-state index in [0.717, 1.165) is 11.1 Å². The molecule has 0 saturated carbocycles. The molecule has 0 aromatic heterocycles. The number of aromatic hydroxyl groups is 1. The molecule has 8 heteroatoms. The molecule has 0 amide bonds. The molecular formula is C29H33NO7. The molecule has 0 fully saturated rings. The Balaban J connectivity index is 1.70. The van der Waals surface area contributed by atoms with E-state index in [0.29, 0.717) is 48.1 Å². The van der Waals surface area contributed by atoms with Gasteiger partial charge in [0.15, 0.2) is 17.3 Å². The molecule has 1 aliphatic heterocycles. The third-order valence-electron chi connectivity index (χ3n) is 6.95. The van der Waals surface area contributed by atoms with Gasteiger partial charge in [-0.05, 0) is 61.6 Å². The van der Waals surface area contributed by atoms with E-state index in [4.69, 9.17) is 23.9 Å². The molecule has 2 aliphatic rings. The molecule has 0 saturated heterocycles. The quantitative estimate of drug-likeness (QED) is 0.392. The predicted octanol–water partition coefficient (Wildman–Crippen LogP) is 4.56. The van der Waals surface area contributed by atoms with Crippen LogP contribution in [0.15, 0.2) is 58.7 Å². The number of ketones is 1. The zero-order valence-electron chi connectivity index (χ0n) is 21.7. The van der Waals surface area contributed by atoms with Gasteiger partial charge in [0.1, 0.15) is 18.3 Å². The van der Waals surface area contributed by atoms with E-state index in [1.54, 1.807) is 45.4 Å². The van der Waals surface area contributed by atoms with Crippen LogP contribution in [0.5, 0.6) is 17.2 Å². The largest absolute Gasteiger partial charge is 0.508 e. The number of hydrogen-bond acceptors (Lipinski definition) is 8. The molecule has 3 atom stereocenters. The number of aliphatic imine (C=N–C) groups is 1. The van der Waals surface area contributed by atoms with Crippen molar-refractivity contribution in [1.29, 1.82) is 0 Å². The molecule has 0 bridgehead atoms. The molecule has 0 spiro atoms. The lowest BCUT2D eigenvalue weighted by Crippen LogP contribution is -2.38. The Bertz CT molecular complexity index is 1220. The smallest absolute Gasteiger partial charge is 0.315 e. The van der Waals surface area contributed by atoms with E-state index < -0.39 is 17.8 Å². The van der Waals surface area contributed by atoms with Crippen molar-refractivity contribution in [2.24, 2.45) is 10.9 Å². The standard InChI is InChI=1S/C29H33NO7/c1-5-36-12-13-37-29(33)26-17(2)30-22-14-20(19-8-11-24(34-3)25(16-19)35-4)15-23(32)28(22)27(26)18-6-9-21(31)10-7-18/h6-11,16,20,26-27,31H,5,12-15H2,1-4H3/t20-,26?,27-/m0/s1.